The Kier molecular flexibility index (Phi) is 8.37. The summed E-state index contributed by atoms with van der Waals surface area (Å²) in [4.78, 5) is 8.54. The van der Waals surface area contributed by atoms with Crippen molar-refractivity contribution in [3.05, 3.63) is 77.7 Å². The molecule has 3 aromatic rings. The van der Waals surface area contributed by atoms with Crippen molar-refractivity contribution in [3.8, 4) is 11.5 Å². The van der Waals surface area contributed by atoms with Gasteiger partial charge in [0.25, 0.3) is 0 Å². The first-order valence-corrected chi connectivity index (χ1v) is 8.54. The molecular weight excluding hydrogens is 477 g/mol. The molecule has 2 aromatic carbocycles. The monoisotopic (exact) mass is 498 g/mol. The Morgan fingerprint density at radius 1 is 1.11 bits per heavy atom. The lowest BCUT2D eigenvalue weighted by Crippen LogP contribution is -2.38. The van der Waals surface area contributed by atoms with E-state index in [4.69, 9.17) is 4.42 Å². The van der Waals surface area contributed by atoms with Gasteiger partial charge in [0.2, 0.25) is 5.89 Å². The second-order valence-electron chi connectivity index (χ2n) is 5.85. The Balaban J connectivity index is 0.00000280. The Labute approximate surface area is 179 Å². The van der Waals surface area contributed by atoms with Crippen LogP contribution >= 0.6 is 24.0 Å². The zero-order valence-corrected chi connectivity index (χ0v) is 17.6. The molecule has 0 aliphatic heterocycles. The summed E-state index contributed by atoms with van der Waals surface area (Å²) in [5.74, 6) is 0.222. The molecule has 0 unspecified atom stereocenters. The van der Waals surface area contributed by atoms with E-state index in [1.54, 1.807) is 13.3 Å². The van der Waals surface area contributed by atoms with E-state index in [0.29, 0.717) is 36.9 Å². The number of nitrogens with zero attached hydrogens (tertiary/aromatic N) is 2. The molecule has 3 rings (SSSR count). The van der Waals surface area contributed by atoms with Crippen LogP contribution in [0.4, 0.5) is 8.78 Å². The summed E-state index contributed by atoms with van der Waals surface area (Å²) in [5.41, 5.74) is 1.96. The molecule has 2 N–H and O–H groups in total. The van der Waals surface area contributed by atoms with Crippen molar-refractivity contribution in [2.24, 2.45) is 4.99 Å². The number of nitrogens with one attached hydrogen (secondary N) is 2. The summed E-state index contributed by atoms with van der Waals surface area (Å²) >= 11 is 0. The third-order valence-electron chi connectivity index (χ3n) is 3.93. The summed E-state index contributed by atoms with van der Waals surface area (Å²) in [7, 11) is 1.64. The molecule has 5 nitrogen and oxygen atoms in total. The number of hydrogen-bond acceptors (Lipinski definition) is 3. The minimum absolute atomic E-state index is 0. The van der Waals surface area contributed by atoms with Crippen LogP contribution in [0.25, 0.3) is 11.5 Å². The SMILES string of the molecule is CN=C(NCCc1cc(F)ccc1F)NCc1coc(-c2ccccc2)n1.I. The Morgan fingerprint density at radius 3 is 2.64 bits per heavy atom. The van der Waals surface area contributed by atoms with Crippen LogP contribution in [0.1, 0.15) is 11.3 Å². The average Bonchev–Trinajstić information content (AvgIpc) is 3.17. The molecule has 28 heavy (non-hydrogen) atoms. The normalized spacial score (nSPS) is 11.0. The van der Waals surface area contributed by atoms with Crippen molar-refractivity contribution in [3.63, 3.8) is 0 Å². The van der Waals surface area contributed by atoms with E-state index < -0.39 is 11.6 Å². The quantitative estimate of drug-likeness (QED) is 0.305. The van der Waals surface area contributed by atoms with Gasteiger partial charge in [0.1, 0.15) is 17.9 Å². The molecular formula is C20H21F2IN4O. The first kappa shape index (κ1) is 21.8. The topological polar surface area (TPSA) is 62.5 Å². The first-order chi connectivity index (χ1) is 13.2. The number of rotatable bonds is 6. The van der Waals surface area contributed by atoms with Crippen LogP contribution in [-0.2, 0) is 13.0 Å². The predicted octanol–water partition coefficient (Wildman–Crippen LogP) is 4.15. The molecule has 1 heterocycles. The van der Waals surface area contributed by atoms with Crippen molar-refractivity contribution in [2.75, 3.05) is 13.6 Å². The molecule has 0 spiro atoms. The largest absolute Gasteiger partial charge is 0.444 e. The van der Waals surface area contributed by atoms with Crippen molar-refractivity contribution in [1.29, 1.82) is 0 Å². The number of benzene rings is 2. The fraction of sp³-hybridized carbons (Fsp3) is 0.200. The van der Waals surface area contributed by atoms with E-state index in [1.807, 2.05) is 30.3 Å². The van der Waals surface area contributed by atoms with E-state index in [-0.39, 0.29) is 24.0 Å². The highest BCUT2D eigenvalue weighted by Gasteiger charge is 2.08. The van der Waals surface area contributed by atoms with Crippen molar-refractivity contribution >= 4 is 29.9 Å². The van der Waals surface area contributed by atoms with Gasteiger partial charge >= 0.3 is 0 Å². The lowest BCUT2D eigenvalue weighted by Gasteiger charge is -2.11. The summed E-state index contributed by atoms with van der Waals surface area (Å²) < 4.78 is 32.3. The van der Waals surface area contributed by atoms with Crippen LogP contribution in [0.2, 0.25) is 0 Å². The highest BCUT2D eigenvalue weighted by atomic mass is 127. The second-order valence-corrected chi connectivity index (χ2v) is 5.85. The molecule has 0 saturated heterocycles. The van der Waals surface area contributed by atoms with Gasteiger partial charge in [-0.1, -0.05) is 18.2 Å². The molecule has 0 bridgehead atoms. The van der Waals surface area contributed by atoms with Gasteiger partial charge in [-0.25, -0.2) is 13.8 Å². The third-order valence-corrected chi connectivity index (χ3v) is 3.93. The lowest BCUT2D eigenvalue weighted by molar-refractivity contribution is 0.572. The molecule has 0 radical (unpaired) electrons. The maximum atomic E-state index is 13.6. The molecule has 1 aromatic heterocycles. The van der Waals surface area contributed by atoms with Gasteiger partial charge < -0.3 is 15.1 Å². The summed E-state index contributed by atoms with van der Waals surface area (Å²) in [6.45, 7) is 0.832. The van der Waals surface area contributed by atoms with E-state index in [2.05, 4.69) is 20.6 Å². The Morgan fingerprint density at radius 2 is 1.89 bits per heavy atom. The Hall–Kier alpha value is -2.49. The molecule has 0 saturated carbocycles. The van der Waals surface area contributed by atoms with Crippen LogP contribution in [0.5, 0.6) is 0 Å². The smallest absolute Gasteiger partial charge is 0.226 e. The zero-order valence-electron chi connectivity index (χ0n) is 15.3. The molecule has 148 valence electrons. The van der Waals surface area contributed by atoms with Crippen LogP contribution in [0.3, 0.4) is 0 Å². The van der Waals surface area contributed by atoms with Gasteiger partial charge in [-0.2, -0.15) is 0 Å². The van der Waals surface area contributed by atoms with E-state index >= 15 is 0 Å². The number of oxazole rings is 1. The molecule has 0 aliphatic carbocycles. The van der Waals surface area contributed by atoms with Crippen LogP contribution in [-0.4, -0.2) is 24.5 Å². The average molecular weight is 498 g/mol. The van der Waals surface area contributed by atoms with Gasteiger partial charge in [-0.15, -0.1) is 24.0 Å². The minimum Gasteiger partial charge on any atom is -0.444 e. The van der Waals surface area contributed by atoms with Gasteiger partial charge in [0.15, 0.2) is 5.96 Å². The standard InChI is InChI=1S/C20H20F2N4O.HI/c1-23-20(24-10-9-15-11-16(21)7-8-18(15)22)25-12-17-13-27-19(26-17)14-5-3-2-4-6-14;/h2-8,11,13H,9-10,12H2,1H3,(H2,23,24,25);1H. The number of halogens is 3. The van der Waals surface area contributed by atoms with Crippen LogP contribution < -0.4 is 10.6 Å². The van der Waals surface area contributed by atoms with Gasteiger partial charge in [0, 0.05) is 19.2 Å². The zero-order chi connectivity index (χ0) is 19.1. The van der Waals surface area contributed by atoms with Crippen LogP contribution in [0, 0.1) is 11.6 Å². The third kappa shape index (κ3) is 6.01. The maximum Gasteiger partial charge on any atom is 0.226 e. The van der Waals surface area contributed by atoms with Crippen molar-refractivity contribution < 1.29 is 13.2 Å². The number of guanidine groups is 1. The maximum absolute atomic E-state index is 13.6. The minimum atomic E-state index is -0.450. The van der Waals surface area contributed by atoms with Gasteiger partial charge in [0.05, 0.1) is 12.2 Å². The summed E-state index contributed by atoms with van der Waals surface area (Å²) in [6.07, 6.45) is 1.93. The summed E-state index contributed by atoms with van der Waals surface area (Å²) in [6, 6.07) is 13.1. The lowest BCUT2D eigenvalue weighted by atomic mass is 10.1. The van der Waals surface area contributed by atoms with Gasteiger partial charge in [-0.05, 0) is 42.3 Å². The fourth-order valence-corrected chi connectivity index (χ4v) is 2.55. The fourth-order valence-electron chi connectivity index (χ4n) is 2.55. The highest BCUT2D eigenvalue weighted by molar-refractivity contribution is 14.0. The molecule has 8 heteroatoms. The predicted molar refractivity (Wildman–Crippen MR) is 116 cm³/mol. The van der Waals surface area contributed by atoms with E-state index in [9.17, 15) is 8.78 Å². The van der Waals surface area contributed by atoms with Crippen molar-refractivity contribution in [2.45, 2.75) is 13.0 Å². The number of hydrogen-bond donors (Lipinski definition) is 2. The van der Waals surface area contributed by atoms with E-state index in [0.717, 1.165) is 23.4 Å². The van der Waals surface area contributed by atoms with Gasteiger partial charge in [-0.3, -0.25) is 4.99 Å². The number of aromatic nitrogens is 1. The second kappa shape index (κ2) is 10.7. The number of aliphatic imine (C=N–C) groups is 1. The van der Waals surface area contributed by atoms with E-state index in [1.165, 1.54) is 6.07 Å². The summed E-state index contributed by atoms with van der Waals surface area (Å²) in [5, 5.41) is 6.18. The molecule has 0 aliphatic rings. The van der Waals surface area contributed by atoms with Crippen LogP contribution in [0.15, 0.2) is 64.2 Å². The molecule has 0 amide bonds. The molecule has 0 atom stereocenters. The highest BCUT2D eigenvalue weighted by Crippen LogP contribution is 2.17. The van der Waals surface area contributed by atoms with Crippen molar-refractivity contribution in [1.82, 2.24) is 15.6 Å². The molecule has 0 fully saturated rings. The Bertz CT molecular complexity index is 916. The first-order valence-electron chi connectivity index (χ1n) is 8.54.